The number of nitrogens with zero attached hydrogens (tertiary/aromatic N) is 5. The average Bonchev–Trinajstić information content (AvgIpc) is 3.06. The molecule has 7 nitrogen and oxygen atoms in total. The van der Waals surface area contributed by atoms with Crippen molar-refractivity contribution in [3.05, 3.63) is 36.3 Å². The lowest BCUT2D eigenvalue weighted by molar-refractivity contribution is -0.141. The van der Waals surface area contributed by atoms with Gasteiger partial charge in [-0.1, -0.05) is 0 Å². The molecule has 0 spiro atoms. The summed E-state index contributed by atoms with van der Waals surface area (Å²) in [5, 5.41) is 13.6. The Morgan fingerprint density at radius 1 is 1.33 bits per heavy atom. The highest BCUT2D eigenvalue weighted by Gasteiger charge is 2.34. The van der Waals surface area contributed by atoms with Crippen LogP contribution in [-0.4, -0.2) is 44.0 Å². The molecule has 1 aliphatic heterocycles. The first-order chi connectivity index (χ1) is 11.4. The monoisotopic (exact) mass is 340 g/mol. The third-order valence-corrected chi connectivity index (χ3v) is 3.76. The van der Waals surface area contributed by atoms with Crippen LogP contribution in [0.5, 0.6) is 0 Å². The summed E-state index contributed by atoms with van der Waals surface area (Å²) >= 11 is 0. The zero-order valence-corrected chi connectivity index (χ0v) is 12.6. The maximum Gasteiger partial charge on any atom is 0.435 e. The van der Waals surface area contributed by atoms with Crippen molar-refractivity contribution < 1.29 is 18.0 Å². The number of anilines is 1. The van der Waals surface area contributed by atoms with E-state index >= 15 is 0 Å². The molecule has 0 bridgehead atoms. The highest BCUT2D eigenvalue weighted by Crippen LogP contribution is 2.29. The average molecular weight is 340 g/mol. The van der Waals surface area contributed by atoms with Gasteiger partial charge in [0.1, 0.15) is 0 Å². The molecule has 1 saturated heterocycles. The molecular formula is C14H15F3N6O. The van der Waals surface area contributed by atoms with Crippen LogP contribution in [0.2, 0.25) is 0 Å². The van der Waals surface area contributed by atoms with Gasteiger partial charge in [-0.05, 0) is 31.0 Å². The van der Waals surface area contributed by atoms with Gasteiger partial charge in [-0.3, -0.25) is 10.00 Å². The van der Waals surface area contributed by atoms with Gasteiger partial charge in [-0.25, -0.2) is 4.79 Å². The molecule has 24 heavy (non-hydrogen) atoms. The van der Waals surface area contributed by atoms with Crippen LogP contribution in [0.1, 0.15) is 24.6 Å². The summed E-state index contributed by atoms with van der Waals surface area (Å²) in [6, 6.07) is 3.55. The summed E-state index contributed by atoms with van der Waals surface area (Å²) in [6.45, 7) is 0.807. The number of piperidine rings is 1. The van der Waals surface area contributed by atoms with Crippen LogP contribution in [0.15, 0.2) is 30.6 Å². The van der Waals surface area contributed by atoms with Gasteiger partial charge in [0.25, 0.3) is 0 Å². The number of hydrogen-bond donors (Lipinski definition) is 1. The number of nitrogens with one attached hydrogen (secondary N) is 1. The van der Waals surface area contributed by atoms with Gasteiger partial charge in [0, 0.05) is 25.5 Å². The van der Waals surface area contributed by atoms with E-state index in [4.69, 9.17) is 0 Å². The van der Waals surface area contributed by atoms with Crippen molar-refractivity contribution in [1.29, 1.82) is 0 Å². The fraction of sp³-hybridized carbons (Fsp3) is 0.429. The Bertz CT molecular complexity index is 702. The molecule has 3 rings (SSSR count). The Morgan fingerprint density at radius 2 is 2.17 bits per heavy atom. The Kier molecular flexibility index (Phi) is 4.36. The van der Waals surface area contributed by atoms with Crippen molar-refractivity contribution in [2.45, 2.75) is 25.1 Å². The third-order valence-electron chi connectivity index (χ3n) is 3.76. The molecule has 1 aliphatic rings. The number of likely N-dealkylation sites (tertiary alicyclic amines) is 1. The van der Waals surface area contributed by atoms with Crippen LogP contribution < -0.4 is 5.32 Å². The molecule has 1 fully saturated rings. The summed E-state index contributed by atoms with van der Waals surface area (Å²) in [5.74, 6) is 0.322. The molecule has 3 heterocycles. The fourth-order valence-electron chi connectivity index (χ4n) is 2.60. The molecule has 2 aromatic rings. The Morgan fingerprint density at radius 3 is 2.83 bits per heavy atom. The van der Waals surface area contributed by atoms with E-state index in [-0.39, 0.29) is 18.6 Å². The fourth-order valence-corrected chi connectivity index (χ4v) is 2.60. The lowest BCUT2D eigenvalue weighted by Gasteiger charge is -2.32. The highest BCUT2D eigenvalue weighted by atomic mass is 19.4. The number of hydrogen-bond acceptors (Lipinski definition) is 4. The topological polar surface area (TPSA) is 75.9 Å². The number of alkyl halides is 3. The SMILES string of the molecule is O=C(Nc1cccnn1)N1CCCC(n2ccc(C(F)(F)F)n2)C1. The summed E-state index contributed by atoms with van der Waals surface area (Å²) in [4.78, 5) is 13.8. The predicted octanol–water partition coefficient (Wildman–Crippen LogP) is 2.56. The molecule has 1 unspecified atom stereocenters. The van der Waals surface area contributed by atoms with Gasteiger partial charge >= 0.3 is 12.2 Å². The molecular weight excluding hydrogens is 325 g/mol. The van der Waals surface area contributed by atoms with Crippen LogP contribution in [-0.2, 0) is 6.18 Å². The van der Waals surface area contributed by atoms with Gasteiger partial charge in [0.2, 0.25) is 0 Å². The molecule has 128 valence electrons. The van der Waals surface area contributed by atoms with Gasteiger partial charge in [-0.15, -0.1) is 5.10 Å². The standard InChI is InChI=1S/C14H15F3N6O/c15-14(16,17)11-5-8-23(21-11)10-3-2-7-22(9-10)13(24)19-12-4-1-6-18-20-12/h1,4-6,8,10H,2-3,7,9H2,(H,19,20,24). The van der Waals surface area contributed by atoms with Crippen LogP contribution in [0.3, 0.4) is 0 Å². The van der Waals surface area contributed by atoms with E-state index in [2.05, 4.69) is 20.6 Å². The quantitative estimate of drug-likeness (QED) is 0.912. The molecule has 10 heteroatoms. The third kappa shape index (κ3) is 3.63. The van der Waals surface area contributed by atoms with Crippen molar-refractivity contribution in [1.82, 2.24) is 24.9 Å². The Labute approximate surface area is 135 Å². The second-order valence-corrected chi connectivity index (χ2v) is 5.46. The van der Waals surface area contributed by atoms with Crippen LogP contribution in [0.4, 0.5) is 23.8 Å². The Hall–Kier alpha value is -2.65. The zero-order chi connectivity index (χ0) is 17.2. The molecule has 2 amide bonds. The van der Waals surface area contributed by atoms with Gasteiger partial charge in [-0.2, -0.15) is 23.4 Å². The maximum atomic E-state index is 12.7. The number of carbonyl (C=O) groups excluding carboxylic acids is 1. The van der Waals surface area contributed by atoms with E-state index in [1.54, 1.807) is 12.1 Å². The number of halogens is 3. The summed E-state index contributed by atoms with van der Waals surface area (Å²) < 4.78 is 39.2. The van der Waals surface area contributed by atoms with E-state index in [1.165, 1.54) is 22.0 Å². The van der Waals surface area contributed by atoms with Crippen molar-refractivity contribution in [3.63, 3.8) is 0 Å². The van der Waals surface area contributed by atoms with Crippen LogP contribution in [0, 0.1) is 0 Å². The number of urea groups is 1. The first kappa shape index (κ1) is 16.2. The molecule has 0 radical (unpaired) electrons. The second kappa shape index (κ2) is 6.46. The Balaban J connectivity index is 1.66. The summed E-state index contributed by atoms with van der Waals surface area (Å²) in [6.07, 6.45) is -0.337. The smallest absolute Gasteiger partial charge is 0.322 e. The normalized spacial score (nSPS) is 18.5. The maximum absolute atomic E-state index is 12.7. The minimum Gasteiger partial charge on any atom is -0.322 e. The van der Waals surface area contributed by atoms with Crippen molar-refractivity contribution >= 4 is 11.8 Å². The first-order valence-corrected chi connectivity index (χ1v) is 7.39. The molecule has 0 aromatic carbocycles. The van der Waals surface area contributed by atoms with Crippen molar-refractivity contribution in [2.24, 2.45) is 0 Å². The molecule has 0 saturated carbocycles. The van der Waals surface area contributed by atoms with E-state index in [1.807, 2.05) is 0 Å². The van der Waals surface area contributed by atoms with E-state index < -0.39 is 11.9 Å². The van der Waals surface area contributed by atoms with E-state index in [0.29, 0.717) is 25.2 Å². The van der Waals surface area contributed by atoms with E-state index in [9.17, 15) is 18.0 Å². The number of amides is 2. The molecule has 1 N–H and O–H groups in total. The predicted molar refractivity (Wildman–Crippen MR) is 78.1 cm³/mol. The largest absolute Gasteiger partial charge is 0.435 e. The minimum atomic E-state index is -4.47. The molecule has 2 aromatic heterocycles. The zero-order valence-electron chi connectivity index (χ0n) is 12.6. The molecule has 1 atom stereocenters. The number of rotatable bonds is 2. The van der Waals surface area contributed by atoms with Crippen molar-refractivity contribution in [2.75, 3.05) is 18.4 Å². The van der Waals surface area contributed by atoms with Crippen LogP contribution in [0.25, 0.3) is 0 Å². The van der Waals surface area contributed by atoms with Crippen LogP contribution >= 0.6 is 0 Å². The number of carbonyl (C=O) groups is 1. The van der Waals surface area contributed by atoms with Gasteiger partial charge < -0.3 is 4.90 Å². The molecule has 0 aliphatic carbocycles. The second-order valence-electron chi connectivity index (χ2n) is 5.46. The lowest BCUT2D eigenvalue weighted by atomic mass is 10.1. The van der Waals surface area contributed by atoms with Gasteiger partial charge in [0.05, 0.1) is 6.04 Å². The lowest BCUT2D eigenvalue weighted by Crippen LogP contribution is -2.43. The van der Waals surface area contributed by atoms with Crippen molar-refractivity contribution in [3.8, 4) is 0 Å². The number of aromatic nitrogens is 4. The first-order valence-electron chi connectivity index (χ1n) is 7.39. The summed E-state index contributed by atoms with van der Waals surface area (Å²) in [5.41, 5.74) is -0.927. The highest BCUT2D eigenvalue weighted by molar-refractivity contribution is 5.88. The summed E-state index contributed by atoms with van der Waals surface area (Å²) in [7, 11) is 0. The minimum absolute atomic E-state index is 0.283. The van der Waals surface area contributed by atoms with E-state index in [0.717, 1.165) is 6.07 Å². The van der Waals surface area contributed by atoms with Gasteiger partial charge in [0.15, 0.2) is 11.5 Å².